The minimum absolute atomic E-state index is 0.281. The van der Waals surface area contributed by atoms with E-state index in [1.807, 2.05) is 19.9 Å². The fraction of sp³-hybridized carbons (Fsp3) is 0.318. The van der Waals surface area contributed by atoms with Crippen LogP contribution in [0.25, 0.3) is 0 Å². The van der Waals surface area contributed by atoms with Crippen molar-refractivity contribution in [1.29, 1.82) is 0 Å². The Hall–Kier alpha value is -3.35. The number of rotatable bonds is 9. The largest absolute Gasteiger partial charge is 0.479 e. The normalized spacial score (nSPS) is 11.4. The highest BCUT2D eigenvalue weighted by Gasteiger charge is 2.19. The van der Waals surface area contributed by atoms with Crippen LogP contribution in [-0.2, 0) is 14.3 Å². The number of amides is 2. The van der Waals surface area contributed by atoms with Gasteiger partial charge in [0.2, 0.25) is 0 Å². The lowest BCUT2D eigenvalue weighted by Gasteiger charge is -2.15. The number of carbonyl (C=O) groups excluding carboxylic acids is 3. The predicted molar refractivity (Wildman–Crippen MR) is 110 cm³/mol. The Bertz CT molecular complexity index is 836. The summed E-state index contributed by atoms with van der Waals surface area (Å²) >= 11 is 0. The molecule has 2 rings (SSSR count). The van der Waals surface area contributed by atoms with E-state index < -0.39 is 24.6 Å². The Morgan fingerprint density at radius 3 is 2.28 bits per heavy atom. The molecule has 0 spiro atoms. The van der Waals surface area contributed by atoms with Gasteiger partial charge in [-0.25, -0.2) is 4.79 Å². The lowest BCUT2D eigenvalue weighted by atomic mass is 10.1. The number of benzene rings is 2. The molecule has 154 valence electrons. The van der Waals surface area contributed by atoms with E-state index in [-0.39, 0.29) is 5.91 Å². The summed E-state index contributed by atoms with van der Waals surface area (Å²) in [7, 11) is 0. The first-order valence-electron chi connectivity index (χ1n) is 9.42. The minimum atomic E-state index is -0.862. The van der Waals surface area contributed by atoms with Crippen LogP contribution in [0.2, 0.25) is 0 Å². The second-order valence-corrected chi connectivity index (χ2v) is 6.88. The molecule has 7 nitrogen and oxygen atoms in total. The van der Waals surface area contributed by atoms with E-state index in [2.05, 4.69) is 10.6 Å². The van der Waals surface area contributed by atoms with E-state index in [4.69, 9.17) is 9.47 Å². The van der Waals surface area contributed by atoms with Crippen LogP contribution in [0, 0.1) is 5.92 Å². The summed E-state index contributed by atoms with van der Waals surface area (Å²) < 4.78 is 10.5. The van der Waals surface area contributed by atoms with Gasteiger partial charge in [-0.3, -0.25) is 9.59 Å². The van der Waals surface area contributed by atoms with Gasteiger partial charge in [-0.2, -0.15) is 0 Å². The van der Waals surface area contributed by atoms with Gasteiger partial charge >= 0.3 is 5.97 Å². The molecular formula is C22H26N2O5. The molecule has 0 radical (unpaired) electrons. The summed E-state index contributed by atoms with van der Waals surface area (Å²) in [6.07, 6.45) is -0.862. The van der Waals surface area contributed by atoms with Gasteiger partial charge in [0.05, 0.1) is 11.3 Å². The molecule has 0 bridgehead atoms. The highest BCUT2D eigenvalue weighted by Crippen LogP contribution is 2.15. The number of ether oxygens (including phenoxy) is 2. The Kier molecular flexibility index (Phi) is 8.21. The van der Waals surface area contributed by atoms with Gasteiger partial charge in [-0.05, 0) is 37.1 Å². The summed E-state index contributed by atoms with van der Waals surface area (Å²) in [4.78, 5) is 36.5. The van der Waals surface area contributed by atoms with Crippen molar-refractivity contribution in [2.45, 2.75) is 26.9 Å². The number of anilines is 1. The van der Waals surface area contributed by atoms with Gasteiger partial charge in [-0.15, -0.1) is 0 Å². The van der Waals surface area contributed by atoms with E-state index in [0.29, 0.717) is 29.5 Å². The number of hydrogen-bond donors (Lipinski definition) is 2. The van der Waals surface area contributed by atoms with E-state index >= 15 is 0 Å². The maximum absolute atomic E-state index is 12.3. The summed E-state index contributed by atoms with van der Waals surface area (Å²) in [5.74, 6) is -0.652. The smallest absolute Gasteiger partial charge is 0.347 e. The summed E-state index contributed by atoms with van der Waals surface area (Å²) in [6.45, 7) is 5.57. The van der Waals surface area contributed by atoms with Crippen molar-refractivity contribution in [2.24, 2.45) is 5.92 Å². The monoisotopic (exact) mass is 398 g/mol. The highest BCUT2D eigenvalue weighted by molar-refractivity contribution is 6.04. The Balaban J connectivity index is 1.87. The van der Waals surface area contributed by atoms with Crippen LogP contribution in [-0.4, -0.2) is 37.0 Å². The summed E-state index contributed by atoms with van der Waals surface area (Å²) in [5, 5.41) is 5.41. The van der Waals surface area contributed by atoms with Crippen molar-refractivity contribution in [3.63, 3.8) is 0 Å². The van der Waals surface area contributed by atoms with E-state index in [1.165, 1.54) is 0 Å². The third-order valence-corrected chi connectivity index (χ3v) is 3.85. The van der Waals surface area contributed by atoms with Crippen LogP contribution in [0.3, 0.4) is 0 Å². The molecular weight excluding hydrogens is 372 g/mol. The van der Waals surface area contributed by atoms with Gasteiger partial charge in [0.25, 0.3) is 11.8 Å². The van der Waals surface area contributed by atoms with Crippen molar-refractivity contribution in [1.82, 2.24) is 5.32 Å². The number of esters is 1. The van der Waals surface area contributed by atoms with Gasteiger partial charge in [0.1, 0.15) is 5.75 Å². The molecule has 2 aromatic carbocycles. The van der Waals surface area contributed by atoms with Crippen LogP contribution in [0.15, 0.2) is 54.6 Å². The van der Waals surface area contributed by atoms with Crippen molar-refractivity contribution >= 4 is 23.5 Å². The fourth-order valence-electron chi connectivity index (χ4n) is 2.37. The number of hydrogen-bond acceptors (Lipinski definition) is 5. The maximum atomic E-state index is 12.3. The van der Waals surface area contributed by atoms with Crippen LogP contribution < -0.4 is 15.4 Å². The van der Waals surface area contributed by atoms with Gasteiger partial charge in [-0.1, -0.05) is 44.2 Å². The molecule has 1 atom stereocenters. The number of para-hydroxylation sites is 2. The zero-order chi connectivity index (χ0) is 21.2. The average molecular weight is 398 g/mol. The third-order valence-electron chi connectivity index (χ3n) is 3.85. The van der Waals surface area contributed by atoms with E-state index in [9.17, 15) is 14.4 Å². The topological polar surface area (TPSA) is 93.7 Å². The van der Waals surface area contributed by atoms with Crippen LogP contribution in [0.4, 0.5) is 5.69 Å². The van der Waals surface area contributed by atoms with Crippen LogP contribution >= 0.6 is 0 Å². The Labute approximate surface area is 170 Å². The molecule has 2 N–H and O–H groups in total. The van der Waals surface area contributed by atoms with E-state index in [0.717, 1.165) is 0 Å². The lowest BCUT2D eigenvalue weighted by molar-refractivity contribution is -0.153. The molecule has 0 aliphatic rings. The number of carbonyl (C=O) groups is 3. The van der Waals surface area contributed by atoms with Gasteiger partial charge < -0.3 is 20.1 Å². The second kappa shape index (κ2) is 10.8. The summed E-state index contributed by atoms with van der Waals surface area (Å²) in [6, 6.07) is 15.5. The second-order valence-electron chi connectivity index (χ2n) is 6.88. The molecule has 29 heavy (non-hydrogen) atoms. The zero-order valence-corrected chi connectivity index (χ0v) is 16.8. The molecule has 0 aromatic heterocycles. The Morgan fingerprint density at radius 1 is 0.931 bits per heavy atom. The highest BCUT2D eigenvalue weighted by atomic mass is 16.6. The van der Waals surface area contributed by atoms with Gasteiger partial charge in [0.15, 0.2) is 12.7 Å². The predicted octanol–water partition coefficient (Wildman–Crippen LogP) is 3.02. The molecule has 1 unspecified atom stereocenters. The zero-order valence-electron chi connectivity index (χ0n) is 16.8. The molecule has 0 saturated heterocycles. The van der Waals surface area contributed by atoms with E-state index in [1.54, 1.807) is 55.5 Å². The molecule has 7 heteroatoms. The number of nitrogens with one attached hydrogen (secondary N) is 2. The quantitative estimate of drug-likeness (QED) is 0.634. The first-order chi connectivity index (χ1) is 13.9. The standard InChI is InChI=1S/C22H26N2O5/c1-15(2)13-23-21(26)18-11-7-8-12-19(18)24-20(25)14-28-22(27)16(3)29-17-9-5-4-6-10-17/h4-12,15-16H,13-14H2,1-3H3,(H,23,26)(H,24,25). The van der Waals surface area contributed by atoms with Crippen molar-refractivity contribution < 1.29 is 23.9 Å². The first-order valence-corrected chi connectivity index (χ1v) is 9.42. The molecule has 2 aromatic rings. The molecule has 0 aliphatic carbocycles. The van der Waals surface area contributed by atoms with Crippen molar-refractivity contribution in [3.05, 3.63) is 60.2 Å². The Morgan fingerprint density at radius 2 is 1.59 bits per heavy atom. The van der Waals surface area contributed by atoms with Gasteiger partial charge in [0, 0.05) is 6.54 Å². The minimum Gasteiger partial charge on any atom is -0.479 e. The van der Waals surface area contributed by atoms with Crippen molar-refractivity contribution in [2.75, 3.05) is 18.5 Å². The molecule has 0 fully saturated rings. The SMILES string of the molecule is CC(C)CNC(=O)c1ccccc1NC(=O)COC(=O)C(C)Oc1ccccc1. The first kappa shape index (κ1) is 21.9. The van der Waals surface area contributed by atoms with Crippen LogP contribution in [0.5, 0.6) is 5.75 Å². The third kappa shape index (κ3) is 7.29. The molecule has 2 amide bonds. The molecule has 0 saturated carbocycles. The van der Waals surface area contributed by atoms with Crippen molar-refractivity contribution in [3.8, 4) is 5.75 Å². The summed E-state index contributed by atoms with van der Waals surface area (Å²) in [5.41, 5.74) is 0.692. The average Bonchev–Trinajstić information content (AvgIpc) is 2.71. The molecule has 0 aliphatic heterocycles. The maximum Gasteiger partial charge on any atom is 0.347 e. The molecule has 0 heterocycles. The van der Waals surface area contributed by atoms with Crippen LogP contribution in [0.1, 0.15) is 31.1 Å². The fourth-order valence-corrected chi connectivity index (χ4v) is 2.37. The lowest BCUT2D eigenvalue weighted by Crippen LogP contribution is -2.31.